The average molecular weight is 292 g/mol. The lowest BCUT2D eigenvalue weighted by atomic mass is 10.1. The number of urea groups is 1. The Kier molecular flexibility index (Phi) is 8.32. The number of amides is 2. The van der Waals surface area contributed by atoms with Crippen LogP contribution in [0.2, 0.25) is 0 Å². The Hall–Kier alpha value is -1.71. The van der Waals surface area contributed by atoms with Crippen LogP contribution in [-0.2, 0) is 6.42 Å². The van der Waals surface area contributed by atoms with Gasteiger partial charge in [0, 0.05) is 13.1 Å². The summed E-state index contributed by atoms with van der Waals surface area (Å²) in [4.78, 5) is 14.0. The lowest BCUT2D eigenvalue weighted by Crippen LogP contribution is -2.42. The van der Waals surface area contributed by atoms with Crippen LogP contribution in [0.5, 0.6) is 5.75 Å². The van der Waals surface area contributed by atoms with Crippen molar-refractivity contribution in [2.45, 2.75) is 46.5 Å². The third kappa shape index (κ3) is 6.06. The summed E-state index contributed by atoms with van der Waals surface area (Å²) >= 11 is 0. The van der Waals surface area contributed by atoms with Gasteiger partial charge in [0.15, 0.2) is 6.73 Å². The Morgan fingerprint density at radius 1 is 1.14 bits per heavy atom. The van der Waals surface area contributed by atoms with E-state index in [0.29, 0.717) is 0 Å². The molecule has 0 unspecified atom stereocenters. The molecule has 0 aliphatic heterocycles. The maximum Gasteiger partial charge on any atom is 0.320 e. The van der Waals surface area contributed by atoms with Crippen LogP contribution in [0.25, 0.3) is 0 Å². The molecule has 0 saturated heterocycles. The summed E-state index contributed by atoms with van der Waals surface area (Å²) in [6.07, 6.45) is 4.01. The Bertz CT molecular complexity index is 421. The van der Waals surface area contributed by atoms with Crippen molar-refractivity contribution in [3.8, 4) is 5.75 Å². The molecule has 2 amide bonds. The number of unbranched alkanes of at least 4 members (excludes halogenated alkanes) is 1. The summed E-state index contributed by atoms with van der Waals surface area (Å²) in [6, 6.07) is 7.88. The van der Waals surface area contributed by atoms with Crippen molar-refractivity contribution in [1.82, 2.24) is 10.2 Å². The zero-order valence-electron chi connectivity index (χ0n) is 13.5. The molecule has 0 radical (unpaired) electrons. The van der Waals surface area contributed by atoms with Gasteiger partial charge in [0.1, 0.15) is 5.75 Å². The van der Waals surface area contributed by atoms with E-state index in [0.717, 1.165) is 50.1 Å². The Morgan fingerprint density at radius 3 is 2.57 bits per heavy atom. The maximum atomic E-state index is 12.1. The second kappa shape index (κ2) is 10.1. The average Bonchev–Trinajstić information content (AvgIpc) is 2.51. The standard InChI is InChI=1S/C17H28N2O2/c1-4-7-13-19(12-5-2)17(20)18-14-21-16-11-9-8-10-15(16)6-3/h8-11H,4-7,12-14H2,1-3H3,(H,18,20). The molecule has 0 saturated carbocycles. The molecule has 0 atom stereocenters. The molecule has 118 valence electrons. The summed E-state index contributed by atoms with van der Waals surface area (Å²) < 4.78 is 5.67. The normalized spacial score (nSPS) is 10.2. The van der Waals surface area contributed by atoms with Gasteiger partial charge in [-0.15, -0.1) is 0 Å². The molecule has 0 aliphatic carbocycles. The zero-order chi connectivity index (χ0) is 15.5. The summed E-state index contributed by atoms with van der Waals surface area (Å²) in [5.41, 5.74) is 1.16. The number of hydrogen-bond donors (Lipinski definition) is 1. The van der Waals surface area contributed by atoms with Crippen LogP contribution in [0, 0.1) is 0 Å². The number of rotatable bonds is 9. The van der Waals surface area contributed by atoms with E-state index in [1.54, 1.807) is 0 Å². The Morgan fingerprint density at radius 2 is 1.90 bits per heavy atom. The van der Waals surface area contributed by atoms with Crippen molar-refractivity contribution in [3.63, 3.8) is 0 Å². The van der Waals surface area contributed by atoms with Gasteiger partial charge in [-0.05, 0) is 30.9 Å². The number of nitrogens with one attached hydrogen (secondary N) is 1. The van der Waals surface area contributed by atoms with Crippen LogP contribution in [0.3, 0.4) is 0 Å². The van der Waals surface area contributed by atoms with E-state index in [9.17, 15) is 4.79 Å². The number of hydrogen-bond acceptors (Lipinski definition) is 2. The lowest BCUT2D eigenvalue weighted by Gasteiger charge is -2.22. The van der Waals surface area contributed by atoms with Gasteiger partial charge in [-0.3, -0.25) is 0 Å². The van der Waals surface area contributed by atoms with E-state index < -0.39 is 0 Å². The molecule has 4 nitrogen and oxygen atoms in total. The lowest BCUT2D eigenvalue weighted by molar-refractivity contribution is 0.183. The van der Waals surface area contributed by atoms with Gasteiger partial charge in [-0.2, -0.15) is 0 Å². The monoisotopic (exact) mass is 292 g/mol. The van der Waals surface area contributed by atoms with Crippen LogP contribution >= 0.6 is 0 Å². The van der Waals surface area contributed by atoms with Crippen LogP contribution in [0.1, 0.15) is 45.6 Å². The molecule has 1 aromatic rings. The van der Waals surface area contributed by atoms with Crippen molar-refractivity contribution in [2.24, 2.45) is 0 Å². The van der Waals surface area contributed by atoms with E-state index in [1.807, 2.05) is 29.2 Å². The number of aryl methyl sites for hydroxylation is 1. The molecule has 0 spiro atoms. The molecular formula is C17H28N2O2. The van der Waals surface area contributed by atoms with E-state index in [-0.39, 0.29) is 12.8 Å². The molecule has 1 N–H and O–H groups in total. The second-order valence-electron chi connectivity index (χ2n) is 5.07. The fourth-order valence-electron chi connectivity index (χ4n) is 2.16. The van der Waals surface area contributed by atoms with E-state index in [4.69, 9.17) is 4.74 Å². The Labute approximate surface area is 128 Å². The molecule has 0 aliphatic rings. The molecule has 0 fully saturated rings. The third-order valence-electron chi connectivity index (χ3n) is 3.37. The van der Waals surface area contributed by atoms with Crippen LogP contribution in [0.15, 0.2) is 24.3 Å². The number of carbonyl (C=O) groups is 1. The number of carbonyl (C=O) groups excluding carboxylic acids is 1. The van der Waals surface area contributed by atoms with Gasteiger partial charge < -0.3 is 15.0 Å². The molecule has 1 rings (SSSR count). The van der Waals surface area contributed by atoms with Gasteiger partial charge in [0.25, 0.3) is 0 Å². The molecule has 1 aromatic carbocycles. The highest BCUT2D eigenvalue weighted by atomic mass is 16.5. The van der Waals surface area contributed by atoms with Crippen molar-refractivity contribution >= 4 is 6.03 Å². The summed E-state index contributed by atoms with van der Waals surface area (Å²) in [6.45, 7) is 8.11. The van der Waals surface area contributed by atoms with Crippen LogP contribution < -0.4 is 10.1 Å². The fraction of sp³-hybridized carbons (Fsp3) is 0.588. The first kappa shape index (κ1) is 17.3. The molecule has 0 aromatic heterocycles. The van der Waals surface area contributed by atoms with Gasteiger partial charge in [-0.25, -0.2) is 4.79 Å². The predicted octanol–water partition coefficient (Wildman–Crippen LogP) is 3.81. The van der Waals surface area contributed by atoms with E-state index in [1.165, 1.54) is 0 Å². The Balaban J connectivity index is 2.43. The minimum atomic E-state index is -0.0423. The summed E-state index contributed by atoms with van der Waals surface area (Å²) in [5.74, 6) is 0.843. The van der Waals surface area contributed by atoms with Crippen LogP contribution in [-0.4, -0.2) is 30.8 Å². The quantitative estimate of drug-likeness (QED) is 0.703. The van der Waals surface area contributed by atoms with Crippen LogP contribution in [0.4, 0.5) is 4.79 Å². The van der Waals surface area contributed by atoms with Gasteiger partial charge >= 0.3 is 6.03 Å². The first-order chi connectivity index (χ1) is 10.2. The number of para-hydroxylation sites is 1. The smallest absolute Gasteiger partial charge is 0.320 e. The number of nitrogens with zero attached hydrogens (tertiary/aromatic N) is 1. The first-order valence-electron chi connectivity index (χ1n) is 7.96. The molecular weight excluding hydrogens is 264 g/mol. The molecule has 0 heterocycles. The third-order valence-corrected chi connectivity index (χ3v) is 3.37. The van der Waals surface area contributed by atoms with Crippen molar-refractivity contribution in [3.05, 3.63) is 29.8 Å². The summed E-state index contributed by atoms with van der Waals surface area (Å²) in [5, 5.41) is 2.84. The highest BCUT2D eigenvalue weighted by molar-refractivity contribution is 5.73. The van der Waals surface area contributed by atoms with E-state index in [2.05, 4.69) is 26.1 Å². The SMILES string of the molecule is CCCCN(CCC)C(=O)NCOc1ccccc1CC. The van der Waals surface area contributed by atoms with Crippen molar-refractivity contribution in [1.29, 1.82) is 0 Å². The minimum absolute atomic E-state index is 0.0423. The van der Waals surface area contributed by atoms with Gasteiger partial charge in [-0.1, -0.05) is 45.4 Å². The first-order valence-corrected chi connectivity index (χ1v) is 7.96. The highest BCUT2D eigenvalue weighted by Gasteiger charge is 2.11. The fourth-order valence-corrected chi connectivity index (χ4v) is 2.16. The second-order valence-corrected chi connectivity index (χ2v) is 5.07. The van der Waals surface area contributed by atoms with Gasteiger partial charge in [0.05, 0.1) is 0 Å². The van der Waals surface area contributed by atoms with E-state index >= 15 is 0 Å². The molecule has 4 heteroatoms. The maximum absolute atomic E-state index is 12.1. The van der Waals surface area contributed by atoms with Crippen molar-refractivity contribution < 1.29 is 9.53 Å². The number of benzene rings is 1. The minimum Gasteiger partial charge on any atom is -0.473 e. The van der Waals surface area contributed by atoms with Gasteiger partial charge in [0.2, 0.25) is 0 Å². The highest BCUT2D eigenvalue weighted by Crippen LogP contribution is 2.17. The number of ether oxygens (including phenoxy) is 1. The largest absolute Gasteiger partial charge is 0.473 e. The predicted molar refractivity (Wildman–Crippen MR) is 86.6 cm³/mol. The molecule has 21 heavy (non-hydrogen) atoms. The zero-order valence-corrected chi connectivity index (χ0v) is 13.5. The summed E-state index contributed by atoms with van der Waals surface area (Å²) in [7, 11) is 0. The molecule has 0 bridgehead atoms. The topological polar surface area (TPSA) is 41.6 Å². The van der Waals surface area contributed by atoms with Crippen molar-refractivity contribution in [2.75, 3.05) is 19.8 Å².